The van der Waals surface area contributed by atoms with E-state index >= 15 is 0 Å². The monoisotopic (exact) mass is 242 g/mol. The van der Waals surface area contributed by atoms with Crippen LogP contribution >= 0.6 is 0 Å². The highest BCUT2D eigenvalue weighted by atomic mass is 16.5. The largest absolute Gasteiger partial charge is 0.465 e. The first-order valence-corrected chi connectivity index (χ1v) is 5.72. The van der Waals surface area contributed by atoms with Crippen molar-refractivity contribution in [3.63, 3.8) is 0 Å². The second-order valence-corrected chi connectivity index (χ2v) is 4.14. The van der Waals surface area contributed by atoms with E-state index < -0.39 is 12.0 Å². The number of likely N-dealkylation sites (tertiary alicyclic amines) is 1. The van der Waals surface area contributed by atoms with E-state index in [1.165, 1.54) is 4.90 Å². The van der Waals surface area contributed by atoms with Crippen LogP contribution in [0.25, 0.3) is 0 Å². The van der Waals surface area contributed by atoms with Gasteiger partial charge in [0.05, 0.1) is 25.6 Å². The third kappa shape index (κ3) is 3.26. The maximum atomic E-state index is 11.8. The first kappa shape index (κ1) is 13.6. The van der Waals surface area contributed by atoms with Crippen molar-refractivity contribution in [2.75, 3.05) is 13.2 Å². The van der Waals surface area contributed by atoms with Gasteiger partial charge in [-0.2, -0.15) is 0 Å². The Balaban J connectivity index is 2.49. The molecule has 1 aliphatic rings. The zero-order valence-electron chi connectivity index (χ0n) is 10.4. The number of nitrogens with one attached hydrogen (secondary N) is 1. The number of amides is 2. The lowest BCUT2D eigenvalue weighted by Crippen LogP contribution is -2.43. The van der Waals surface area contributed by atoms with Gasteiger partial charge < -0.3 is 4.74 Å². The molecule has 0 spiro atoms. The van der Waals surface area contributed by atoms with Gasteiger partial charge in [-0.3, -0.25) is 24.6 Å². The lowest BCUT2D eigenvalue weighted by atomic mass is 10.2. The summed E-state index contributed by atoms with van der Waals surface area (Å²) in [6.45, 7) is 5.52. The van der Waals surface area contributed by atoms with Crippen LogP contribution in [0.5, 0.6) is 0 Å². The third-order valence-corrected chi connectivity index (χ3v) is 2.50. The summed E-state index contributed by atoms with van der Waals surface area (Å²) in [5, 5.41) is 2.74. The van der Waals surface area contributed by atoms with Crippen LogP contribution in [0.15, 0.2) is 0 Å². The minimum atomic E-state index is -0.602. The Morgan fingerprint density at radius 3 is 2.65 bits per heavy atom. The minimum Gasteiger partial charge on any atom is -0.465 e. The summed E-state index contributed by atoms with van der Waals surface area (Å²) < 4.78 is 4.73. The number of nitrogens with zero attached hydrogens (tertiary/aromatic N) is 1. The van der Waals surface area contributed by atoms with Gasteiger partial charge in [-0.15, -0.1) is 0 Å². The van der Waals surface area contributed by atoms with Crippen molar-refractivity contribution in [1.82, 2.24) is 10.2 Å². The lowest BCUT2D eigenvalue weighted by molar-refractivity contribution is -0.142. The average Bonchev–Trinajstić information content (AvgIpc) is 2.51. The van der Waals surface area contributed by atoms with Gasteiger partial charge in [0.2, 0.25) is 11.8 Å². The van der Waals surface area contributed by atoms with Crippen LogP contribution in [-0.4, -0.2) is 47.9 Å². The van der Waals surface area contributed by atoms with Crippen molar-refractivity contribution in [2.24, 2.45) is 0 Å². The van der Waals surface area contributed by atoms with Crippen LogP contribution in [-0.2, 0) is 19.1 Å². The molecular weight excluding hydrogens is 224 g/mol. The zero-order valence-corrected chi connectivity index (χ0v) is 10.4. The number of ether oxygens (including phenoxy) is 1. The smallest absolute Gasteiger partial charge is 0.319 e. The van der Waals surface area contributed by atoms with Gasteiger partial charge in [-0.05, 0) is 20.8 Å². The fourth-order valence-corrected chi connectivity index (χ4v) is 1.77. The Morgan fingerprint density at radius 1 is 1.53 bits per heavy atom. The summed E-state index contributed by atoms with van der Waals surface area (Å²) in [6.07, 6.45) is 0.108. The summed E-state index contributed by atoms with van der Waals surface area (Å²) in [7, 11) is 0. The Morgan fingerprint density at radius 2 is 2.18 bits per heavy atom. The van der Waals surface area contributed by atoms with E-state index in [2.05, 4.69) is 5.32 Å². The molecule has 1 aliphatic heterocycles. The van der Waals surface area contributed by atoms with Gasteiger partial charge in [-0.25, -0.2) is 0 Å². The fraction of sp³-hybridized carbons (Fsp3) is 0.727. The predicted molar refractivity (Wildman–Crippen MR) is 60.0 cm³/mol. The third-order valence-electron chi connectivity index (χ3n) is 2.50. The highest BCUT2D eigenvalue weighted by Crippen LogP contribution is 2.15. The zero-order chi connectivity index (χ0) is 13.0. The van der Waals surface area contributed by atoms with Crippen molar-refractivity contribution >= 4 is 17.8 Å². The molecule has 0 radical (unpaired) electrons. The molecule has 1 fully saturated rings. The number of esters is 1. The van der Waals surface area contributed by atoms with E-state index in [0.717, 1.165) is 0 Å². The van der Waals surface area contributed by atoms with Crippen molar-refractivity contribution < 1.29 is 19.1 Å². The van der Waals surface area contributed by atoms with Gasteiger partial charge >= 0.3 is 5.97 Å². The normalized spacial score (nSPS) is 20.2. The molecule has 6 nitrogen and oxygen atoms in total. The van der Waals surface area contributed by atoms with Crippen LogP contribution < -0.4 is 5.32 Å². The molecule has 1 unspecified atom stereocenters. The van der Waals surface area contributed by atoms with Gasteiger partial charge in [-0.1, -0.05) is 0 Å². The molecule has 1 N–H and O–H groups in total. The molecule has 0 bridgehead atoms. The van der Waals surface area contributed by atoms with Gasteiger partial charge in [0.25, 0.3) is 0 Å². The quantitative estimate of drug-likeness (QED) is 0.528. The topological polar surface area (TPSA) is 75.7 Å². The highest BCUT2D eigenvalue weighted by Gasteiger charge is 2.39. The van der Waals surface area contributed by atoms with Crippen LogP contribution in [0.1, 0.15) is 27.2 Å². The maximum Gasteiger partial charge on any atom is 0.319 e. The summed E-state index contributed by atoms with van der Waals surface area (Å²) >= 11 is 0. The molecular formula is C11H18N2O4. The molecule has 0 aromatic rings. The Kier molecular flexibility index (Phi) is 4.62. The van der Waals surface area contributed by atoms with Crippen molar-refractivity contribution in [1.29, 1.82) is 0 Å². The second-order valence-electron chi connectivity index (χ2n) is 4.14. The fourth-order valence-electron chi connectivity index (χ4n) is 1.77. The molecule has 17 heavy (non-hydrogen) atoms. The van der Waals surface area contributed by atoms with Crippen molar-refractivity contribution in [3.8, 4) is 0 Å². The molecule has 6 heteroatoms. The number of hydrogen-bond donors (Lipinski definition) is 1. The van der Waals surface area contributed by atoms with Gasteiger partial charge in [0.15, 0.2) is 0 Å². The van der Waals surface area contributed by atoms with E-state index in [1.807, 2.05) is 0 Å². The van der Waals surface area contributed by atoms with Gasteiger partial charge in [0.1, 0.15) is 0 Å². The first-order chi connectivity index (χ1) is 7.97. The predicted octanol–water partition coefficient (Wildman–Crippen LogP) is -0.325. The molecule has 2 amide bonds. The molecule has 1 rings (SSSR count). The maximum absolute atomic E-state index is 11.8. The lowest BCUT2D eigenvalue weighted by Gasteiger charge is -2.19. The summed E-state index contributed by atoms with van der Waals surface area (Å²) in [6, 6.07) is -0.751. The highest BCUT2D eigenvalue weighted by molar-refractivity contribution is 6.05. The standard InChI is InChI=1S/C11H18N2O4/c1-4-17-10(15)6-12-8-5-9(14)13(7(2)3)11(8)16/h7-8,12H,4-6H2,1-3H3. The summed E-state index contributed by atoms with van der Waals surface area (Å²) in [5.41, 5.74) is 0. The SMILES string of the molecule is CCOC(=O)CNC1CC(=O)N(C(C)C)C1=O. The number of imide groups is 1. The van der Waals surface area contributed by atoms with E-state index in [-0.39, 0.29) is 30.8 Å². The Hall–Kier alpha value is -1.43. The molecule has 0 aliphatic carbocycles. The van der Waals surface area contributed by atoms with E-state index in [1.54, 1.807) is 20.8 Å². The van der Waals surface area contributed by atoms with E-state index in [9.17, 15) is 14.4 Å². The Bertz CT molecular complexity index is 327. The van der Waals surface area contributed by atoms with Crippen LogP contribution in [0.4, 0.5) is 0 Å². The van der Waals surface area contributed by atoms with E-state index in [4.69, 9.17) is 4.74 Å². The molecule has 0 saturated carbocycles. The molecule has 1 heterocycles. The molecule has 1 saturated heterocycles. The second kappa shape index (κ2) is 5.77. The van der Waals surface area contributed by atoms with Crippen molar-refractivity contribution in [3.05, 3.63) is 0 Å². The van der Waals surface area contributed by atoms with Crippen molar-refractivity contribution in [2.45, 2.75) is 39.3 Å². The molecule has 0 aromatic carbocycles. The summed E-state index contributed by atoms with van der Waals surface area (Å²) in [5.74, 6) is -0.892. The van der Waals surface area contributed by atoms with E-state index in [0.29, 0.717) is 6.61 Å². The van der Waals surface area contributed by atoms with Crippen LogP contribution in [0.3, 0.4) is 0 Å². The number of carbonyl (C=O) groups is 3. The number of hydrogen-bond acceptors (Lipinski definition) is 5. The first-order valence-electron chi connectivity index (χ1n) is 5.72. The number of rotatable bonds is 5. The molecule has 0 aromatic heterocycles. The minimum absolute atomic E-state index is 0.0521. The molecule has 96 valence electrons. The Labute approximate surface area is 100 Å². The molecule has 1 atom stereocenters. The average molecular weight is 242 g/mol. The van der Waals surface area contributed by atoms with Crippen LogP contribution in [0, 0.1) is 0 Å². The van der Waals surface area contributed by atoms with Crippen LogP contribution in [0.2, 0.25) is 0 Å². The van der Waals surface area contributed by atoms with Gasteiger partial charge in [0, 0.05) is 6.04 Å². The summed E-state index contributed by atoms with van der Waals surface area (Å²) in [4.78, 5) is 35.7. The number of carbonyl (C=O) groups excluding carboxylic acids is 3.